The molecule has 2 rings (SSSR count). The third kappa shape index (κ3) is 5.43. The zero-order valence-corrected chi connectivity index (χ0v) is 14.1. The number of aliphatic hydroxyl groups excluding tert-OH is 1. The van der Waals surface area contributed by atoms with Gasteiger partial charge in [-0.3, -0.25) is 0 Å². The Morgan fingerprint density at radius 2 is 2.13 bits per heavy atom. The van der Waals surface area contributed by atoms with E-state index in [9.17, 15) is 4.79 Å². The third-order valence-corrected chi connectivity index (χ3v) is 4.49. The average Bonchev–Trinajstić information content (AvgIpc) is 2.60. The summed E-state index contributed by atoms with van der Waals surface area (Å²) in [5, 5.41) is 12.2. The second kappa shape index (κ2) is 9.40. The van der Waals surface area contributed by atoms with Gasteiger partial charge in [0.1, 0.15) is 0 Å². The van der Waals surface area contributed by atoms with Gasteiger partial charge in [-0.25, -0.2) is 4.79 Å². The maximum atomic E-state index is 12.3. The van der Waals surface area contributed by atoms with Gasteiger partial charge >= 0.3 is 6.03 Å². The molecular formula is C18H29N3O2. The fourth-order valence-electron chi connectivity index (χ4n) is 3.14. The maximum Gasteiger partial charge on any atom is 0.317 e. The summed E-state index contributed by atoms with van der Waals surface area (Å²) >= 11 is 0. The highest BCUT2D eigenvalue weighted by Crippen LogP contribution is 2.19. The monoisotopic (exact) mass is 319 g/mol. The lowest BCUT2D eigenvalue weighted by Gasteiger charge is -2.35. The molecule has 1 atom stereocenters. The zero-order valence-electron chi connectivity index (χ0n) is 14.1. The molecular weight excluding hydrogens is 290 g/mol. The van der Waals surface area contributed by atoms with E-state index in [0.29, 0.717) is 13.0 Å². The van der Waals surface area contributed by atoms with Crippen molar-refractivity contribution in [2.45, 2.75) is 38.1 Å². The molecule has 1 aromatic carbocycles. The molecule has 1 fully saturated rings. The molecule has 2 amide bonds. The van der Waals surface area contributed by atoms with E-state index in [1.54, 1.807) is 0 Å². The molecule has 5 heteroatoms. The molecule has 1 aliphatic rings. The summed E-state index contributed by atoms with van der Waals surface area (Å²) in [6, 6.07) is 10.5. The molecule has 1 unspecified atom stereocenters. The van der Waals surface area contributed by atoms with Crippen molar-refractivity contribution in [3.63, 3.8) is 0 Å². The Morgan fingerprint density at radius 3 is 2.87 bits per heavy atom. The first kappa shape index (κ1) is 17.6. The number of piperidine rings is 1. The lowest BCUT2D eigenvalue weighted by Crippen LogP contribution is -2.49. The molecule has 1 saturated heterocycles. The van der Waals surface area contributed by atoms with Crippen molar-refractivity contribution < 1.29 is 9.90 Å². The van der Waals surface area contributed by atoms with E-state index in [4.69, 9.17) is 5.11 Å². The second-order valence-electron chi connectivity index (χ2n) is 6.20. The van der Waals surface area contributed by atoms with Crippen molar-refractivity contribution in [2.75, 3.05) is 38.2 Å². The van der Waals surface area contributed by atoms with Crippen LogP contribution in [0.2, 0.25) is 0 Å². The van der Waals surface area contributed by atoms with Crippen LogP contribution in [0.5, 0.6) is 0 Å². The lowest BCUT2D eigenvalue weighted by molar-refractivity contribution is 0.132. The van der Waals surface area contributed by atoms with Crippen LogP contribution in [-0.4, -0.2) is 55.4 Å². The van der Waals surface area contributed by atoms with E-state index < -0.39 is 0 Å². The van der Waals surface area contributed by atoms with Gasteiger partial charge < -0.3 is 20.2 Å². The van der Waals surface area contributed by atoms with Gasteiger partial charge in [-0.2, -0.15) is 0 Å². The van der Waals surface area contributed by atoms with Crippen LogP contribution in [0.4, 0.5) is 10.5 Å². The molecule has 0 radical (unpaired) electrons. The van der Waals surface area contributed by atoms with Gasteiger partial charge in [-0.1, -0.05) is 18.2 Å². The minimum absolute atomic E-state index is 0.0190. The van der Waals surface area contributed by atoms with Crippen LogP contribution in [0.1, 0.15) is 32.1 Å². The number of hydrogen-bond donors (Lipinski definition) is 2. The van der Waals surface area contributed by atoms with Crippen LogP contribution in [-0.2, 0) is 0 Å². The number of amides is 2. The van der Waals surface area contributed by atoms with Gasteiger partial charge in [-0.05, 0) is 44.2 Å². The van der Waals surface area contributed by atoms with Crippen molar-refractivity contribution in [1.29, 1.82) is 0 Å². The number of nitrogens with zero attached hydrogens (tertiary/aromatic N) is 2. The quantitative estimate of drug-likeness (QED) is 0.759. The molecule has 2 N–H and O–H groups in total. The number of likely N-dealkylation sites (tertiary alicyclic amines) is 1. The van der Waals surface area contributed by atoms with Crippen LogP contribution >= 0.6 is 0 Å². The van der Waals surface area contributed by atoms with Crippen LogP contribution in [0.15, 0.2) is 30.3 Å². The number of nitrogens with one attached hydrogen (secondary N) is 1. The largest absolute Gasteiger partial charge is 0.396 e. The number of aliphatic hydroxyl groups is 1. The van der Waals surface area contributed by atoms with Gasteiger partial charge in [0.25, 0.3) is 0 Å². The number of hydrogen-bond acceptors (Lipinski definition) is 3. The summed E-state index contributed by atoms with van der Waals surface area (Å²) < 4.78 is 0. The predicted molar refractivity (Wildman–Crippen MR) is 93.8 cm³/mol. The highest BCUT2D eigenvalue weighted by Gasteiger charge is 2.25. The number of benzene rings is 1. The number of anilines is 1. The van der Waals surface area contributed by atoms with Gasteiger partial charge in [0.05, 0.1) is 0 Å². The zero-order chi connectivity index (χ0) is 16.5. The van der Waals surface area contributed by atoms with E-state index in [1.165, 1.54) is 5.69 Å². The Bertz CT molecular complexity index is 465. The fraction of sp³-hybridized carbons (Fsp3) is 0.611. The summed E-state index contributed by atoms with van der Waals surface area (Å²) in [4.78, 5) is 16.4. The Balaban J connectivity index is 1.69. The number of urea groups is 1. The minimum Gasteiger partial charge on any atom is -0.396 e. The first-order chi connectivity index (χ1) is 11.2. The molecule has 1 aromatic rings. The van der Waals surface area contributed by atoms with E-state index in [0.717, 1.165) is 38.8 Å². The van der Waals surface area contributed by atoms with Gasteiger partial charge in [0, 0.05) is 45.0 Å². The molecule has 1 aliphatic heterocycles. The average molecular weight is 319 g/mol. The van der Waals surface area contributed by atoms with Crippen LogP contribution < -0.4 is 10.2 Å². The number of para-hydroxylation sites is 1. The normalized spacial score (nSPS) is 17.8. The summed E-state index contributed by atoms with van der Waals surface area (Å²) in [6.45, 7) is 2.54. The maximum absolute atomic E-state index is 12.3. The summed E-state index contributed by atoms with van der Waals surface area (Å²) in [5.41, 5.74) is 1.19. The van der Waals surface area contributed by atoms with Crippen LogP contribution in [0.3, 0.4) is 0 Å². The third-order valence-electron chi connectivity index (χ3n) is 4.49. The van der Waals surface area contributed by atoms with Crippen LogP contribution in [0, 0.1) is 0 Å². The highest BCUT2D eigenvalue weighted by molar-refractivity contribution is 5.74. The van der Waals surface area contributed by atoms with E-state index in [2.05, 4.69) is 29.4 Å². The van der Waals surface area contributed by atoms with Crippen molar-refractivity contribution in [3.05, 3.63) is 30.3 Å². The van der Waals surface area contributed by atoms with Crippen molar-refractivity contribution >= 4 is 11.7 Å². The Kier molecular flexibility index (Phi) is 7.20. The standard InChI is InChI=1S/C18H29N3O2/c1-20(16-8-3-2-4-9-16)13-7-12-19-18(23)21-14-6-5-10-17(21)11-15-22/h2-4,8-9,17,22H,5-7,10-15H2,1H3,(H,19,23). The summed E-state index contributed by atoms with van der Waals surface area (Å²) in [7, 11) is 2.07. The molecule has 0 spiro atoms. The van der Waals surface area contributed by atoms with Crippen molar-refractivity contribution in [1.82, 2.24) is 10.2 Å². The summed E-state index contributed by atoms with van der Waals surface area (Å²) in [5.74, 6) is 0. The number of rotatable bonds is 7. The molecule has 128 valence electrons. The smallest absolute Gasteiger partial charge is 0.317 e. The molecule has 5 nitrogen and oxygen atoms in total. The van der Waals surface area contributed by atoms with Gasteiger partial charge in [-0.15, -0.1) is 0 Å². The second-order valence-corrected chi connectivity index (χ2v) is 6.20. The number of carbonyl (C=O) groups excluding carboxylic acids is 1. The summed E-state index contributed by atoms with van der Waals surface area (Å²) in [6.07, 6.45) is 4.81. The SMILES string of the molecule is CN(CCCNC(=O)N1CCCCC1CCO)c1ccccc1. The van der Waals surface area contributed by atoms with Crippen molar-refractivity contribution in [2.24, 2.45) is 0 Å². The van der Waals surface area contributed by atoms with Gasteiger partial charge in [0.15, 0.2) is 0 Å². The molecule has 0 aliphatic carbocycles. The topological polar surface area (TPSA) is 55.8 Å². The molecule has 0 bridgehead atoms. The highest BCUT2D eigenvalue weighted by atomic mass is 16.3. The van der Waals surface area contributed by atoms with Crippen LogP contribution in [0.25, 0.3) is 0 Å². The number of carbonyl (C=O) groups is 1. The minimum atomic E-state index is 0.0190. The van der Waals surface area contributed by atoms with Gasteiger partial charge in [0.2, 0.25) is 0 Å². The fourth-order valence-corrected chi connectivity index (χ4v) is 3.14. The van der Waals surface area contributed by atoms with E-state index in [-0.39, 0.29) is 18.7 Å². The molecule has 0 aromatic heterocycles. The predicted octanol–water partition coefficient (Wildman–Crippen LogP) is 2.46. The van der Waals surface area contributed by atoms with E-state index in [1.807, 2.05) is 23.1 Å². The molecule has 0 saturated carbocycles. The first-order valence-corrected chi connectivity index (χ1v) is 8.64. The Morgan fingerprint density at radius 1 is 1.35 bits per heavy atom. The first-order valence-electron chi connectivity index (χ1n) is 8.64. The molecule has 1 heterocycles. The Hall–Kier alpha value is -1.75. The van der Waals surface area contributed by atoms with E-state index >= 15 is 0 Å². The Labute approximate surface area is 139 Å². The van der Waals surface area contributed by atoms with Crippen molar-refractivity contribution in [3.8, 4) is 0 Å². The molecule has 23 heavy (non-hydrogen) atoms. The lowest BCUT2D eigenvalue weighted by atomic mass is 10.0.